The lowest BCUT2D eigenvalue weighted by Gasteiger charge is -2.54. The third kappa shape index (κ3) is 7.48. The Bertz CT molecular complexity index is 1220. The average Bonchev–Trinajstić information content (AvgIpc) is 3.24. The number of ether oxygens (including phenoxy) is 6. The highest BCUT2D eigenvalue weighted by molar-refractivity contribution is 5.26. The van der Waals surface area contributed by atoms with Crippen molar-refractivity contribution in [3.05, 3.63) is 23.3 Å². The topological polar surface area (TPSA) is 136 Å². The molecule has 0 aromatic carbocycles. The Balaban J connectivity index is 1.13. The lowest BCUT2D eigenvalue weighted by atomic mass is 9.78. The summed E-state index contributed by atoms with van der Waals surface area (Å²) in [6.45, 7) is 16.3. The Hall–Kier alpha value is -0.920. The summed E-state index contributed by atoms with van der Waals surface area (Å²) in [6, 6.07) is 0. The molecule has 6 saturated heterocycles. The summed E-state index contributed by atoms with van der Waals surface area (Å²) in [5, 5.41) is 45.0. The second kappa shape index (κ2) is 14.5. The average molecular weight is 693 g/mol. The van der Waals surface area contributed by atoms with Crippen molar-refractivity contribution in [2.45, 2.75) is 216 Å². The molecule has 6 fully saturated rings. The van der Waals surface area contributed by atoms with Gasteiger partial charge in [0.25, 0.3) is 0 Å². The maximum atomic E-state index is 11.6. The molecule has 10 nitrogen and oxygen atoms in total. The molecule has 0 saturated carbocycles. The molecule has 0 aliphatic carbocycles. The van der Waals surface area contributed by atoms with E-state index in [9.17, 15) is 20.4 Å². The Morgan fingerprint density at radius 1 is 0.755 bits per heavy atom. The van der Waals surface area contributed by atoms with Crippen LogP contribution in [0.2, 0.25) is 0 Å². The van der Waals surface area contributed by atoms with Gasteiger partial charge in [-0.1, -0.05) is 30.2 Å². The smallest absolute Gasteiger partial charge is 0.111 e. The first-order valence-electron chi connectivity index (χ1n) is 19.1. The largest absolute Gasteiger partial charge is 0.390 e. The number of allylic oxidation sites excluding steroid dienone is 4. The van der Waals surface area contributed by atoms with Gasteiger partial charge in [-0.15, -0.1) is 0 Å². The predicted octanol–water partition coefficient (Wildman–Crippen LogP) is 4.67. The van der Waals surface area contributed by atoms with Crippen LogP contribution in [0, 0.1) is 5.92 Å². The summed E-state index contributed by atoms with van der Waals surface area (Å²) in [5.74, 6) is -0.0706. The summed E-state index contributed by atoms with van der Waals surface area (Å²) in [6.07, 6.45) is 4.45. The van der Waals surface area contributed by atoms with Gasteiger partial charge in [0, 0.05) is 31.6 Å². The van der Waals surface area contributed by atoms with E-state index in [0.29, 0.717) is 51.4 Å². The molecule has 0 bridgehead atoms. The summed E-state index contributed by atoms with van der Waals surface area (Å²) < 4.78 is 39.8. The summed E-state index contributed by atoms with van der Waals surface area (Å²) in [7, 11) is 0. The highest BCUT2D eigenvalue weighted by atomic mass is 16.6. The van der Waals surface area contributed by atoms with Crippen LogP contribution in [-0.4, -0.2) is 117 Å². The summed E-state index contributed by atoms with van der Waals surface area (Å²) in [5.41, 5.74) is 0.328. The molecule has 6 rings (SSSR count). The molecule has 6 aliphatic heterocycles. The van der Waals surface area contributed by atoms with E-state index in [2.05, 4.69) is 32.9 Å². The lowest BCUT2D eigenvalue weighted by Crippen LogP contribution is -2.65. The van der Waals surface area contributed by atoms with Crippen molar-refractivity contribution in [2.75, 3.05) is 0 Å². The fourth-order valence-corrected chi connectivity index (χ4v) is 9.54. The standard InChI is InChI=1S/C39H64O10/c1-9-21(2)22(3)11-10-12-28-23(4)34(43)36-30(45-28)19-33-38(7,49-36)16-14-31(42)39(8,48-33)20-25-17-27(41)35-29(44-25)13-15-37(6)32(46-35)18-26(40)24(5)47-37/h9,11,23-36,40-43H,10,12-20H2,1-8H3/b21-9+,22-11+/t23-,24-,25-,26+,27+,28+,29-,30-,31+,32-,33+,34+,35+,36-,37+,38-,39-/m1/s1. The number of fused-ring (bicyclic) bond motifs is 4. The Kier molecular flexibility index (Phi) is 11.2. The van der Waals surface area contributed by atoms with E-state index in [4.69, 9.17) is 28.4 Å². The van der Waals surface area contributed by atoms with Crippen LogP contribution in [0.25, 0.3) is 0 Å². The first-order valence-corrected chi connectivity index (χ1v) is 19.1. The third-order valence-electron chi connectivity index (χ3n) is 13.3. The summed E-state index contributed by atoms with van der Waals surface area (Å²) in [4.78, 5) is 0. The van der Waals surface area contributed by atoms with Gasteiger partial charge in [-0.25, -0.2) is 0 Å². The molecule has 0 radical (unpaired) electrons. The molecule has 6 aliphatic rings. The Labute approximate surface area is 293 Å². The van der Waals surface area contributed by atoms with Gasteiger partial charge in [0.15, 0.2) is 0 Å². The van der Waals surface area contributed by atoms with Gasteiger partial charge in [-0.3, -0.25) is 0 Å². The molecule has 0 unspecified atom stereocenters. The van der Waals surface area contributed by atoms with Crippen molar-refractivity contribution in [3.63, 3.8) is 0 Å². The third-order valence-corrected chi connectivity index (χ3v) is 13.3. The fraction of sp³-hybridized carbons (Fsp3) is 0.897. The van der Waals surface area contributed by atoms with Crippen molar-refractivity contribution in [1.29, 1.82) is 0 Å². The zero-order valence-corrected chi connectivity index (χ0v) is 31.0. The maximum absolute atomic E-state index is 11.6. The molecular formula is C39H64O10. The number of hydrogen-bond donors (Lipinski definition) is 4. The van der Waals surface area contributed by atoms with Crippen molar-refractivity contribution in [3.8, 4) is 0 Å². The van der Waals surface area contributed by atoms with Crippen LogP contribution in [0.3, 0.4) is 0 Å². The lowest BCUT2D eigenvalue weighted by molar-refractivity contribution is -0.312. The second-order valence-electron chi connectivity index (χ2n) is 17.0. The normalized spacial score (nSPS) is 52.6. The van der Waals surface area contributed by atoms with Gasteiger partial charge >= 0.3 is 0 Å². The predicted molar refractivity (Wildman–Crippen MR) is 184 cm³/mol. The van der Waals surface area contributed by atoms with Crippen LogP contribution < -0.4 is 0 Å². The quantitative estimate of drug-likeness (QED) is 0.291. The molecular weight excluding hydrogens is 628 g/mol. The van der Waals surface area contributed by atoms with E-state index >= 15 is 0 Å². The number of aliphatic hydroxyl groups is 4. The Morgan fingerprint density at radius 2 is 1.47 bits per heavy atom. The molecule has 4 N–H and O–H groups in total. The zero-order chi connectivity index (χ0) is 35.5. The van der Waals surface area contributed by atoms with Crippen LogP contribution in [0.5, 0.6) is 0 Å². The van der Waals surface area contributed by atoms with Crippen molar-refractivity contribution in [2.24, 2.45) is 5.92 Å². The van der Waals surface area contributed by atoms with Crippen molar-refractivity contribution in [1.82, 2.24) is 0 Å². The molecule has 10 heteroatoms. The minimum atomic E-state index is -0.947. The highest BCUT2D eigenvalue weighted by Gasteiger charge is 2.58. The molecule has 17 atom stereocenters. The van der Waals surface area contributed by atoms with Gasteiger partial charge in [0.05, 0.1) is 83.9 Å². The van der Waals surface area contributed by atoms with E-state index in [0.717, 1.165) is 12.8 Å². The molecule has 49 heavy (non-hydrogen) atoms. The van der Waals surface area contributed by atoms with Crippen LogP contribution in [-0.2, 0) is 28.4 Å². The SMILES string of the molecule is C/C=C(C)/C(C)=C/CC[C@@H]1O[C@@H]2C[C@@H]3O[C@](C)(C[C@H]4C[C@H](O)[C@@H]5O[C@@H]6C[C@H](O)[C@@H](C)O[C@@]6(C)CC[C@H]5O4)[C@@H](O)CC[C@@]3(C)O[C@H]2[C@@H](O)[C@@H]1C. The molecule has 0 aromatic rings. The van der Waals surface area contributed by atoms with Gasteiger partial charge in [-0.05, 0) is 87.0 Å². The highest BCUT2D eigenvalue weighted by Crippen LogP contribution is 2.48. The van der Waals surface area contributed by atoms with Crippen LogP contribution in [0.15, 0.2) is 23.3 Å². The molecule has 0 spiro atoms. The van der Waals surface area contributed by atoms with Crippen LogP contribution in [0.4, 0.5) is 0 Å². The first kappa shape index (κ1) is 37.8. The van der Waals surface area contributed by atoms with Gasteiger partial charge in [0.1, 0.15) is 12.2 Å². The van der Waals surface area contributed by atoms with Crippen LogP contribution in [0.1, 0.15) is 120 Å². The maximum Gasteiger partial charge on any atom is 0.111 e. The number of hydrogen-bond acceptors (Lipinski definition) is 10. The van der Waals surface area contributed by atoms with Gasteiger partial charge < -0.3 is 48.8 Å². The molecule has 280 valence electrons. The zero-order valence-electron chi connectivity index (χ0n) is 31.0. The van der Waals surface area contributed by atoms with E-state index in [1.54, 1.807) is 0 Å². The number of aliphatic hydroxyl groups excluding tert-OH is 4. The van der Waals surface area contributed by atoms with Gasteiger partial charge in [-0.2, -0.15) is 0 Å². The minimum Gasteiger partial charge on any atom is -0.390 e. The molecule has 0 amide bonds. The van der Waals surface area contributed by atoms with Crippen molar-refractivity contribution < 1.29 is 48.8 Å². The monoisotopic (exact) mass is 692 g/mol. The first-order chi connectivity index (χ1) is 23.1. The molecule has 0 aromatic heterocycles. The van der Waals surface area contributed by atoms with E-state index in [1.165, 1.54) is 11.1 Å². The van der Waals surface area contributed by atoms with Crippen molar-refractivity contribution >= 4 is 0 Å². The van der Waals surface area contributed by atoms with E-state index < -0.39 is 53.4 Å². The second-order valence-corrected chi connectivity index (χ2v) is 17.0. The number of rotatable bonds is 6. The molecule has 6 heterocycles. The minimum absolute atomic E-state index is 0.0706. The van der Waals surface area contributed by atoms with Crippen LogP contribution >= 0.6 is 0 Å². The summed E-state index contributed by atoms with van der Waals surface area (Å²) >= 11 is 0. The van der Waals surface area contributed by atoms with E-state index in [-0.39, 0.29) is 48.6 Å². The van der Waals surface area contributed by atoms with Gasteiger partial charge in [0.2, 0.25) is 0 Å². The van der Waals surface area contributed by atoms with E-state index in [1.807, 2.05) is 34.6 Å². The fourth-order valence-electron chi connectivity index (χ4n) is 9.54. The Morgan fingerprint density at radius 3 is 2.20 bits per heavy atom.